The van der Waals surface area contributed by atoms with Gasteiger partial charge in [0.15, 0.2) is 0 Å². The van der Waals surface area contributed by atoms with E-state index in [1.807, 2.05) is 38.6 Å². The highest BCUT2D eigenvalue weighted by atomic mass is 32.2. The summed E-state index contributed by atoms with van der Waals surface area (Å²) in [6, 6.07) is 1.66. The molecule has 0 bridgehead atoms. The third-order valence-electron chi connectivity index (χ3n) is 4.20. The summed E-state index contributed by atoms with van der Waals surface area (Å²) in [4.78, 5) is 14.5. The number of hydrogen-bond acceptors (Lipinski definition) is 5. The van der Waals surface area contributed by atoms with Gasteiger partial charge in [-0.25, -0.2) is 0 Å². The Morgan fingerprint density at radius 3 is 2.68 bits per heavy atom. The Hall–Kier alpha value is -0.980. The molecular weight excluding hydrogens is 300 g/mol. The van der Waals surface area contributed by atoms with Gasteiger partial charge in [-0.1, -0.05) is 0 Å². The molecule has 1 aromatic rings. The van der Waals surface area contributed by atoms with Gasteiger partial charge in [-0.3, -0.25) is 9.69 Å². The van der Waals surface area contributed by atoms with Crippen LogP contribution in [0.5, 0.6) is 0 Å². The number of carbonyl (C=O) groups is 1. The van der Waals surface area contributed by atoms with Crippen LogP contribution in [0.15, 0.2) is 10.5 Å². The van der Waals surface area contributed by atoms with E-state index >= 15 is 0 Å². The predicted molar refractivity (Wildman–Crippen MR) is 89.1 cm³/mol. The molecule has 1 saturated heterocycles. The first-order valence-electron chi connectivity index (χ1n) is 7.70. The van der Waals surface area contributed by atoms with E-state index < -0.39 is 5.60 Å². The molecule has 1 aliphatic heterocycles. The van der Waals surface area contributed by atoms with E-state index in [1.54, 1.807) is 6.92 Å². The van der Waals surface area contributed by atoms with E-state index in [1.165, 1.54) is 0 Å². The largest absolute Gasteiger partial charge is 0.466 e. The summed E-state index contributed by atoms with van der Waals surface area (Å²) in [6.07, 6.45) is 0. The van der Waals surface area contributed by atoms with Crippen LogP contribution in [-0.4, -0.2) is 53.1 Å². The fourth-order valence-electron chi connectivity index (χ4n) is 2.80. The molecule has 2 atom stereocenters. The first-order chi connectivity index (χ1) is 10.3. The van der Waals surface area contributed by atoms with Crippen molar-refractivity contribution in [3.63, 3.8) is 0 Å². The number of furan rings is 1. The molecule has 124 valence electrons. The number of amides is 1. The molecule has 1 aromatic heterocycles. The lowest BCUT2D eigenvalue weighted by Gasteiger charge is -2.32. The van der Waals surface area contributed by atoms with Crippen LogP contribution >= 0.6 is 11.8 Å². The molecule has 0 saturated carbocycles. The van der Waals surface area contributed by atoms with E-state index in [0.717, 1.165) is 35.9 Å². The van der Waals surface area contributed by atoms with Crippen LogP contribution in [0.25, 0.3) is 0 Å². The standard InChI is InChI=1S/C16H26N2O3S/c1-11-9-14(13(3)21-11)16(4,20)10-17-15(19)12(2)18-5-7-22-8-6-18/h9,12,20H,5-8,10H2,1-4H3,(H,17,19). The summed E-state index contributed by atoms with van der Waals surface area (Å²) in [6.45, 7) is 9.36. The first kappa shape index (κ1) is 17.4. The molecule has 1 aliphatic rings. The van der Waals surface area contributed by atoms with Crippen molar-refractivity contribution in [1.29, 1.82) is 0 Å². The summed E-state index contributed by atoms with van der Waals surface area (Å²) >= 11 is 1.92. The summed E-state index contributed by atoms with van der Waals surface area (Å²) in [5, 5.41) is 13.5. The lowest BCUT2D eigenvalue weighted by atomic mass is 9.96. The molecule has 0 radical (unpaired) electrons. The van der Waals surface area contributed by atoms with Gasteiger partial charge in [0, 0.05) is 30.2 Å². The molecule has 6 heteroatoms. The smallest absolute Gasteiger partial charge is 0.237 e. The minimum Gasteiger partial charge on any atom is -0.466 e. The molecule has 1 amide bonds. The molecule has 1 fully saturated rings. The van der Waals surface area contributed by atoms with E-state index in [0.29, 0.717) is 5.76 Å². The van der Waals surface area contributed by atoms with Crippen molar-refractivity contribution in [3.8, 4) is 0 Å². The molecule has 22 heavy (non-hydrogen) atoms. The third kappa shape index (κ3) is 4.06. The Morgan fingerprint density at radius 2 is 2.14 bits per heavy atom. The van der Waals surface area contributed by atoms with Gasteiger partial charge in [0.25, 0.3) is 0 Å². The van der Waals surface area contributed by atoms with Crippen LogP contribution in [0.2, 0.25) is 0 Å². The topological polar surface area (TPSA) is 65.7 Å². The van der Waals surface area contributed by atoms with Crippen LogP contribution in [0, 0.1) is 13.8 Å². The molecule has 2 rings (SSSR count). The van der Waals surface area contributed by atoms with E-state index in [4.69, 9.17) is 4.42 Å². The number of nitrogens with zero attached hydrogens (tertiary/aromatic N) is 1. The van der Waals surface area contributed by atoms with Crippen LogP contribution in [0.3, 0.4) is 0 Å². The number of thioether (sulfide) groups is 1. The Kier molecular flexibility index (Phi) is 5.58. The number of aliphatic hydroxyl groups is 1. The van der Waals surface area contributed by atoms with Crippen molar-refractivity contribution >= 4 is 17.7 Å². The van der Waals surface area contributed by atoms with Crippen LogP contribution in [0.1, 0.15) is 30.9 Å². The Bertz CT molecular complexity index is 521. The Balaban J connectivity index is 1.93. The average Bonchev–Trinajstić information content (AvgIpc) is 2.84. The molecule has 0 spiro atoms. The zero-order chi connectivity index (χ0) is 16.3. The highest BCUT2D eigenvalue weighted by Gasteiger charge is 2.30. The van der Waals surface area contributed by atoms with E-state index in [9.17, 15) is 9.90 Å². The second-order valence-corrected chi connectivity index (χ2v) is 7.37. The first-order valence-corrected chi connectivity index (χ1v) is 8.86. The minimum absolute atomic E-state index is 0.0370. The van der Waals surface area contributed by atoms with Crippen molar-refractivity contribution < 1.29 is 14.3 Å². The number of carbonyl (C=O) groups excluding carboxylic acids is 1. The summed E-state index contributed by atoms with van der Waals surface area (Å²) in [5.74, 6) is 3.56. The van der Waals surface area contributed by atoms with Crippen LogP contribution in [0.4, 0.5) is 0 Å². The second kappa shape index (κ2) is 7.06. The van der Waals surface area contributed by atoms with Gasteiger partial charge in [0.2, 0.25) is 5.91 Å². The highest BCUT2D eigenvalue weighted by Crippen LogP contribution is 2.26. The van der Waals surface area contributed by atoms with Crippen molar-refractivity contribution in [1.82, 2.24) is 10.2 Å². The SMILES string of the molecule is Cc1cc(C(C)(O)CNC(=O)C(C)N2CCSCC2)c(C)o1. The number of hydrogen-bond donors (Lipinski definition) is 2. The lowest BCUT2D eigenvalue weighted by Crippen LogP contribution is -2.50. The van der Waals surface area contributed by atoms with E-state index in [2.05, 4.69) is 10.2 Å². The predicted octanol–water partition coefficient (Wildman–Crippen LogP) is 1.66. The quantitative estimate of drug-likeness (QED) is 0.861. The lowest BCUT2D eigenvalue weighted by molar-refractivity contribution is -0.127. The van der Waals surface area contributed by atoms with Gasteiger partial charge >= 0.3 is 0 Å². The van der Waals surface area contributed by atoms with Crippen LogP contribution in [-0.2, 0) is 10.4 Å². The normalized spacial score (nSPS) is 20.4. The van der Waals surface area contributed by atoms with E-state index in [-0.39, 0.29) is 18.5 Å². The Labute approximate surface area is 136 Å². The van der Waals surface area contributed by atoms with Gasteiger partial charge < -0.3 is 14.8 Å². The minimum atomic E-state index is -1.13. The van der Waals surface area contributed by atoms with Crippen molar-refractivity contribution in [3.05, 3.63) is 23.2 Å². The molecule has 2 unspecified atom stereocenters. The number of nitrogens with one attached hydrogen (secondary N) is 1. The summed E-state index contributed by atoms with van der Waals surface area (Å²) in [5.41, 5.74) is -0.401. The van der Waals surface area contributed by atoms with Gasteiger partial charge in [-0.05, 0) is 33.8 Å². The summed E-state index contributed by atoms with van der Waals surface area (Å²) in [7, 11) is 0. The molecular formula is C16H26N2O3S. The van der Waals surface area contributed by atoms with Crippen molar-refractivity contribution in [2.24, 2.45) is 0 Å². The Morgan fingerprint density at radius 1 is 1.50 bits per heavy atom. The monoisotopic (exact) mass is 326 g/mol. The van der Waals surface area contributed by atoms with Gasteiger partial charge in [-0.15, -0.1) is 0 Å². The number of aryl methyl sites for hydroxylation is 2. The zero-order valence-electron chi connectivity index (χ0n) is 13.8. The summed E-state index contributed by atoms with van der Waals surface area (Å²) < 4.78 is 5.47. The van der Waals surface area contributed by atoms with Crippen molar-refractivity contribution in [2.75, 3.05) is 31.1 Å². The maximum absolute atomic E-state index is 12.3. The van der Waals surface area contributed by atoms with Gasteiger partial charge in [0.1, 0.15) is 17.1 Å². The fourth-order valence-corrected chi connectivity index (χ4v) is 3.73. The van der Waals surface area contributed by atoms with Gasteiger partial charge in [0.05, 0.1) is 12.6 Å². The molecule has 0 aliphatic carbocycles. The fraction of sp³-hybridized carbons (Fsp3) is 0.688. The maximum atomic E-state index is 12.3. The number of rotatable bonds is 5. The third-order valence-corrected chi connectivity index (χ3v) is 5.14. The highest BCUT2D eigenvalue weighted by molar-refractivity contribution is 7.99. The molecule has 2 N–H and O–H groups in total. The molecule has 5 nitrogen and oxygen atoms in total. The van der Waals surface area contributed by atoms with Crippen molar-refractivity contribution in [2.45, 2.75) is 39.3 Å². The van der Waals surface area contributed by atoms with Crippen LogP contribution < -0.4 is 5.32 Å². The van der Waals surface area contributed by atoms with Gasteiger partial charge in [-0.2, -0.15) is 11.8 Å². The zero-order valence-corrected chi connectivity index (χ0v) is 14.6. The molecule has 2 heterocycles. The second-order valence-electron chi connectivity index (χ2n) is 6.14. The average molecular weight is 326 g/mol. The maximum Gasteiger partial charge on any atom is 0.237 e. The molecule has 0 aromatic carbocycles.